The Kier molecular flexibility index (Phi) is 8.07. The molecule has 2 unspecified atom stereocenters. The van der Waals surface area contributed by atoms with Gasteiger partial charge in [0.05, 0.1) is 11.1 Å². The highest BCUT2D eigenvalue weighted by atomic mass is 19.1. The Balaban J connectivity index is 1.64. The van der Waals surface area contributed by atoms with Gasteiger partial charge in [-0.05, 0) is 61.8 Å². The Morgan fingerprint density at radius 1 is 1.17 bits per heavy atom. The van der Waals surface area contributed by atoms with Gasteiger partial charge in [-0.3, -0.25) is 14.2 Å². The summed E-state index contributed by atoms with van der Waals surface area (Å²) in [5.74, 6) is -0.794. The number of nitrogens with zero attached hydrogens (tertiary/aromatic N) is 2. The van der Waals surface area contributed by atoms with E-state index in [2.05, 4.69) is 22.2 Å². The van der Waals surface area contributed by atoms with Crippen LogP contribution in [0.2, 0.25) is 0 Å². The lowest BCUT2D eigenvalue weighted by Crippen LogP contribution is -2.31. The SMILES string of the molecule is C=CCC1CCC(CCNC(=O)c2cn(-c3ccc(F)cc3F)c3nc(NCCF)ccc3c2=O)C1. The first-order chi connectivity index (χ1) is 17.4. The smallest absolute Gasteiger partial charge is 0.256 e. The third-order valence-corrected chi connectivity index (χ3v) is 6.65. The van der Waals surface area contributed by atoms with Gasteiger partial charge in [0.1, 0.15) is 29.7 Å². The molecule has 1 fully saturated rings. The summed E-state index contributed by atoms with van der Waals surface area (Å²) in [5, 5.41) is 5.67. The summed E-state index contributed by atoms with van der Waals surface area (Å²) >= 11 is 0. The number of anilines is 1. The van der Waals surface area contributed by atoms with Crippen molar-refractivity contribution in [3.8, 4) is 5.69 Å². The first kappa shape index (κ1) is 25.5. The van der Waals surface area contributed by atoms with E-state index in [0.29, 0.717) is 24.4 Å². The van der Waals surface area contributed by atoms with Crippen molar-refractivity contribution in [1.29, 1.82) is 0 Å². The molecule has 190 valence electrons. The summed E-state index contributed by atoms with van der Waals surface area (Å²) in [6.07, 6.45) is 8.32. The number of nitrogens with one attached hydrogen (secondary N) is 2. The second-order valence-corrected chi connectivity index (χ2v) is 9.14. The Hall–Kier alpha value is -3.62. The van der Waals surface area contributed by atoms with Crippen molar-refractivity contribution < 1.29 is 18.0 Å². The van der Waals surface area contributed by atoms with Gasteiger partial charge in [-0.25, -0.2) is 18.2 Å². The lowest BCUT2D eigenvalue weighted by atomic mass is 9.99. The van der Waals surface area contributed by atoms with Crippen molar-refractivity contribution in [2.45, 2.75) is 32.1 Å². The lowest BCUT2D eigenvalue weighted by molar-refractivity contribution is 0.0950. The largest absolute Gasteiger partial charge is 0.367 e. The van der Waals surface area contributed by atoms with Crippen LogP contribution in [0.4, 0.5) is 19.0 Å². The molecule has 0 aliphatic heterocycles. The quantitative estimate of drug-likeness (QED) is 0.379. The number of rotatable bonds is 10. The number of carbonyl (C=O) groups excluding carboxylic acids is 1. The second kappa shape index (κ2) is 11.4. The van der Waals surface area contributed by atoms with E-state index in [4.69, 9.17) is 0 Å². The van der Waals surface area contributed by atoms with E-state index in [1.54, 1.807) is 0 Å². The van der Waals surface area contributed by atoms with Gasteiger partial charge in [0.2, 0.25) is 5.43 Å². The van der Waals surface area contributed by atoms with Gasteiger partial charge in [-0.2, -0.15) is 0 Å². The molecule has 1 amide bonds. The molecule has 3 aromatic rings. The molecule has 2 heterocycles. The fraction of sp³-hybridized carbons (Fsp3) is 0.370. The molecule has 9 heteroatoms. The number of carbonyl (C=O) groups is 1. The van der Waals surface area contributed by atoms with Gasteiger partial charge in [-0.1, -0.05) is 12.5 Å². The second-order valence-electron chi connectivity index (χ2n) is 9.14. The third kappa shape index (κ3) is 5.61. The third-order valence-electron chi connectivity index (χ3n) is 6.65. The minimum atomic E-state index is -0.884. The molecule has 2 atom stereocenters. The van der Waals surface area contributed by atoms with Gasteiger partial charge in [0.15, 0.2) is 5.65 Å². The molecule has 1 aliphatic carbocycles. The predicted molar refractivity (Wildman–Crippen MR) is 134 cm³/mol. The first-order valence-corrected chi connectivity index (χ1v) is 12.1. The van der Waals surface area contributed by atoms with Gasteiger partial charge >= 0.3 is 0 Å². The Morgan fingerprint density at radius 2 is 1.97 bits per heavy atom. The highest BCUT2D eigenvalue weighted by Crippen LogP contribution is 2.34. The molecule has 6 nitrogen and oxygen atoms in total. The summed E-state index contributed by atoms with van der Waals surface area (Å²) in [5.41, 5.74) is -0.749. The monoisotopic (exact) mass is 498 g/mol. The minimum Gasteiger partial charge on any atom is -0.367 e. The number of fused-ring (bicyclic) bond motifs is 1. The van der Waals surface area contributed by atoms with Crippen LogP contribution in [-0.4, -0.2) is 35.2 Å². The zero-order chi connectivity index (χ0) is 25.7. The average Bonchev–Trinajstić information content (AvgIpc) is 3.31. The summed E-state index contributed by atoms with van der Waals surface area (Å²) < 4.78 is 42.1. The summed E-state index contributed by atoms with van der Waals surface area (Å²) in [6, 6.07) is 5.95. The topological polar surface area (TPSA) is 76.0 Å². The maximum atomic E-state index is 14.7. The van der Waals surface area contributed by atoms with Crippen LogP contribution in [0.5, 0.6) is 0 Å². The van der Waals surface area contributed by atoms with E-state index >= 15 is 0 Å². The van der Waals surface area contributed by atoms with Crippen molar-refractivity contribution >= 4 is 22.8 Å². The normalized spacial score (nSPS) is 17.3. The highest BCUT2D eigenvalue weighted by Gasteiger charge is 2.24. The lowest BCUT2D eigenvalue weighted by Gasteiger charge is -2.15. The van der Waals surface area contributed by atoms with Gasteiger partial charge in [-0.15, -0.1) is 6.58 Å². The van der Waals surface area contributed by atoms with Crippen molar-refractivity contribution in [3.05, 3.63) is 76.6 Å². The highest BCUT2D eigenvalue weighted by molar-refractivity contribution is 5.97. The van der Waals surface area contributed by atoms with Gasteiger partial charge < -0.3 is 10.6 Å². The maximum absolute atomic E-state index is 14.7. The van der Waals surface area contributed by atoms with Crippen molar-refractivity contribution in [2.75, 3.05) is 25.1 Å². The molecule has 4 rings (SSSR count). The van der Waals surface area contributed by atoms with Crippen molar-refractivity contribution in [2.24, 2.45) is 11.8 Å². The average molecular weight is 499 g/mol. The van der Waals surface area contributed by atoms with Crippen LogP contribution in [-0.2, 0) is 0 Å². The summed E-state index contributed by atoms with van der Waals surface area (Å²) in [7, 11) is 0. The zero-order valence-corrected chi connectivity index (χ0v) is 19.9. The molecule has 1 aromatic carbocycles. The van der Waals surface area contributed by atoms with Crippen LogP contribution in [0.15, 0.2) is 54.0 Å². The molecule has 0 spiro atoms. The fourth-order valence-corrected chi connectivity index (χ4v) is 4.87. The number of amides is 1. The van der Waals surface area contributed by atoms with Crippen LogP contribution < -0.4 is 16.1 Å². The van der Waals surface area contributed by atoms with Gasteiger partial charge in [0, 0.05) is 25.4 Å². The molecule has 1 saturated carbocycles. The minimum absolute atomic E-state index is 0.00344. The molecule has 0 bridgehead atoms. The standard InChI is InChI=1S/C27H29F3N4O2/c1-2-3-17-4-5-18(14-17)10-12-32-27(36)21-16-34(23-8-6-19(29)15-22(23)30)26-20(25(21)35)7-9-24(33-26)31-13-11-28/h2,6-9,15-18H,1,3-5,10-14H2,(H,31,33)(H,32,36). The van der Waals surface area contributed by atoms with Crippen LogP contribution >= 0.6 is 0 Å². The van der Waals surface area contributed by atoms with E-state index in [9.17, 15) is 22.8 Å². The molecular weight excluding hydrogens is 469 g/mol. The summed E-state index contributed by atoms with van der Waals surface area (Å²) in [4.78, 5) is 30.5. The molecule has 36 heavy (non-hydrogen) atoms. The van der Waals surface area contributed by atoms with Gasteiger partial charge in [0.25, 0.3) is 5.91 Å². The molecule has 0 radical (unpaired) electrons. The number of alkyl halides is 1. The van der Waals surface area contributed by atoms with Crippen LogP contribution in [0.3, 0.4) is 0 Å². The number of benzene rings is 1. The molecular formula is C27H29F3N4O2. The van der Waals surface area contributed by atoms with E-state index in [0.717, 1.165) is 38.2 Å². The Labute approximate surface area is 207 Å². The first-order valence-electron chi connectivity index (χ1n) is 12.1. The molecule has 2 aromatic heterocycles. The number of hydrogen-bond donors (Lipinski definition) is 2. The number of pyridine rings is 2. The molecule has 1 aliphatic rings. The molecule has 0 saturated heterocycles. The number of hydrogen-bond acceptors (Lipinski definition) is 4. The number of allylic oxidation sites excluding steroid dienone is 1. The Bertz CT molecular complexity index is 1320. The van der Waals surface area contributed by atoms with Crippen LogP contribution in [0.25, 0.3) is 16.7 Å². The number of halogens is 3. The number of aromatic nitrogens is 2. The van der Waals surface area contributed by atoms with E-state index in [1.807, 2.05) is 6.08 Å². The van der Waals surface area contributed by atoms with E-state index in [-0.39, 0.29) is 34.6 Å². The van der Waals surface area contributed by atoms with Crippen molar-refractivity contribution in [3.63, 3.8) is 0 Å². The van der Waals surface area contributed by atoms with E-state index in [1.165, 1.54) is 29.0 Å². The molecule has 2 N–H and O–H groups in total. The Morgan fingerprint density at radius 3 is 2.72 bits per heavy atom. The summed E-state index contributed by atoms with van der Waals surface area (Å²) in [6.45, 7) is 3.59. The predicted octanol–water partition coefficient (Wildman–Crippen LogP) is 5.16. The maximum Gasteiger partial charge on any atom is 0.256 e. The van der Waals surface area contributed by atoms with E-state index < -0.39 is 29.6 Å². The van der Waals surface area contributed by atoms with Crippen LogP contribution in [0, 0.1) is 23.5 Å². The zero-order valence-electron chi connectivity index (χ0n) is 19.9. The van der Waals surface area contributed by atoms with Crippen LogP contribution in [0.1, 0.15) is 42.5 Å². The van der Waals surface area contributed by atoms with Crippen molar-refractivity contribution in [1.82, 2.24) is 14.9 Å². The fourth-order valence-electron chi connectivity index (χ4n) is 4.87.